The molecule has 2 aliphatic rings. The van der Waals surface area contributed by atoms with E-state index in [0.717, 1.165) is 64.4 Å². The number of likely N-dealkylation sites (tertiary alicyclic amines) is 1. The zero-order valence-electron chi connectivity index (χ0n) is 15.3. The van der Waals surface area contributed by atoms with Gasteiger partial charge in [0.15, 0.2) is 0 Å². The van der Waals surface area contributed by atoms with E-state index in [1.807, 2.05) is 0 Å². The Kier molecular flexibility index (Phi) is 6.97. The van der Waals surface area contributed by atoms with Gasteiger partial charge in [-0.1, -0.05) is 0 Å². The van der Waals surface area contributed by atoms with E-state index in [9.17, 15) is 18.3 Å². The molecule has 1 N–H and O–H groups in total. The molecule has 5 nitrogen and oxygen atoms in total. The summed E-state index contributed by atoms with van der Waals surface area (Å²) in [4.78, 5) is 4.71. The van der Waals surface area contributed by atoms with Crippen LogP contribution in [-0.4, -0.2) is 79.6 Å². The van der Waals surface area contributed by atoms with Crippen LogP contribution in [0.25, 0.3) is 0 Å². The highest BCUT2D eigenvalue weighted by atomic mass is 19.4. The van der Waals surface area contributed by atoms with Gasteiger partial charge >= 0.3 is 6.18 Å². The fourth-order valence-corrected chi connectivity index (χ4v) is 3.69. The second-order valence-electron chi connectivity index (χ2n) is 7.17. The van der Waals surface area contributed by atoms with Crippen LogP contribution in [-0.2, 0) is 10.9 Å². The van der Waals surface area contributed by atoms with Crippen molar-refractivity contribution in [1.29, 1.82) is 0 Å². The third kappa shape index (κ3) is 6.07. The van der Waals surface area contributed by atoms with Gasteiger partial charge in [0, 0.05) is 25.7 Å². The van der Waals surface area contributed by atoms with E-state index in [1.165, 1.54) is 12.1 Å². The summed E-state index contributed by atoms with van der Waals surface area (Å²) < 4.78 is 48.5. The molecule has 2 saturated heterocycles. The van der Waals surface area contributed by atoms with Crippen LogP contribution in [0, 0.1) is 0 Å². The summed E-state index contributed by atoms with van der Waals surface area (Å²) in [5.41, 5.74) is -0.710. The van der Waals surface area contributed by atoms with Crippen LogP contribution in [0.5, 0.6) is 5.75 Å². The fraction of sp³-hybridized carbons (Fsp3) is 0.684. The van der Waals surface area contributed by atoms with Gasteiger partial charge in [0.05, 0.1) is 18.8 Å². The topological polar surface area (TPSA) is 45.2 Å². The lowest BCUT2D eigenvalue weighted by atomic mass is 10.0. The molecule has 0 saturated carbocycles. The molecule has 0 radical (unpaired) electrons. The molecule has 0 unspecified atom stereocenters. The monoisotopic (exact) mass is 388 g/mol. The summed E-state index contributed by atoms with van der Waals surface area (Å²) in [6.07, 6.45) is -2.88. The Morgan fingerprint density at radius 1 is 1.07 bits per heavy atom. The smallest absolute Gasteiger partial charge is 0.416 e. The first-order valence-corrected chi connectivity index (χ1v) is 9.44. The van der Waals surface area contributed by atoms with Crippen molar-refractivity contribution in [3.05, 3.63) is 29.8 Å². The van der Waals surface area contributed by atoms with E-state index in [-0.39, 0.29) is 6.61 Å². The van der Waals surface area contributed by atoms with Gasteiger partial charge in [0.1, 0.15) is 18.5 Å². The van der Waals surface area contributed by atoms with Gasteiger partial charge in [-0.25, -0.2) is 0 Å². The minimum absolute atomic E-state index is 0.0642. The molecule has 0 amide bonds. The van der Waals surface area contributed by atoms with E-state index in [0.29, 0.717) is 18.3 Å². The Bertz CT molecular complexity index is 569. The lowest BCUT2D eigenvalue weighted by molar-refractivity contribution is -0.137. The Morgan fingerprint density at radius 2 is 1.70 bits per heavy atom. The second kappa shape index (κ2) is 9.23. The minimum atomic E-state index is -4.36. The number of nitrogens with zero attached hydrogens (tertiary/aromatic N) is 2. The summed E-state index contributed by atoms with van der Waals surface area (Å²) in [7, 11) is 0. The lowest BCUT2D eigenvalue weighted by Crippen LogP contribution is -2.50. The number of benzene rings is 1. The first-order chi connectivity index (χ1) is 12.9. The Balaban J connectivity index is 1.36. The predicted molar refractivity (Wildman–Crippen MR) is 94.8 cm³/mol. The molecule has 0 aromatic heterocycles. The van der Waals surface area contributed by atoms with Gasteiger partial charge < -0.3 is 19.5 Å². The number of morpholine rings is 1. The molecule has 0 bridgehead atoms. The summed E-state index contributed by atoms with van der Waals surface area (Å²) in [5.74, 6) is 0.327. The lowest BCUT2D eigenvalue weighted by Gasteiger charge is -2.40. The van der Waals surface area contributed by atoms with Crippen molar-refractivity contribution in [2.45, 2.75) is 31.2 Å². The number of ether oxygens (including phenoxy) is 2. The first-order valence-electron chi connectivity index (χ1n) is 9.44. The largest absolute Gasteiger partial charge is 0.491 e. The van der Waals surface area contributed by atoms with Gasteiger partial charge in [0.25, 0.3) is 0 Å². The van der Waals surface area contributed by atoms with Crippen LogP contribution >= 0.6 is 0 Å². The van der Waals surface area contributed by atoms with Gasteiger partial charge in [-0.05, 0) is 50.2 Å². The Morgan fingerprint density at radius 3 is 2.30 bits per heavy atom. The predicted octanol–water partition coefficient (Wildman–Crippen LogP) is 2.24. The van der Waals surface area contributed by atoms with Crippen LogP contribution in [0.2, 0.25) is 0 Å². The number of aliphatic hydroxyl groups is 1. The molecule has 0 aliphatic carbocycles. The molecule has 1 atom stereocenters. The molecule has 2 heterocycles. The van der Waals surface area contributed by atoms with Crippen molar-refractivity contribution in [2.75, 3.05) is 52.5 Å². The first kappa shape index (κ1) is 20.4. The van der Waals surface area contributed by atoms with Crippen molar-refractivity contribution < 1.29 is 27.8 Å². The zero-order valence-corrected chi connectivity index (χ0v) is 15.3. The zero-order chi connectivity index (χ0) is 19.3. The fourth-order valence-electron chi connectivity index (χ4n) is 3.69. The molecule has 2 aliphatic heterocycles. The maximum absolute atomic E-state index is 12.5. The molecule has 1 aromatic rings. The maximum atomic E-state index is 12.5. The van der Waals surface area contributed by atoms with Crippen molar-refractivity contribution in [1.82, 2.24) is 9.80 Å². The summed E-state index contributed by atoms with van der Waals surface area (Å²) in [6, 6.07) is 5.12. The van der Waals surface area contributed by atoms with Gasteiger partial charge in [-0.15, -0.1) is 0 Å². The summed E-state index contributed by atoms with van der Waals surface area (Å²) in [6.45, 7) is 6.03. The van der Waals surface area contributed by atoms with E-state index in [1.54, 1.807) is 0 Å². The SMILES string of the molecule is O[C@@H](COc1ccc(C(F)(F)F)cc1)CN1CCC(N2CCOCC2)CC1. The normalized spacial score (nSPS) is 21.9. The number of alkyl halides is 3. The highest BCUT2D eigenvalue weighted by molar-refractivity contribution is 5.28. The van der Waals surface area contributed by atoms with Crippen LogP contribution in [0.1, 0.15) is 18.4 Å². The number of β-amino-alcohol motifs (C(OH)–C–C–N with tert-alkyl or cyclic N) is 1. The van der Waals surface area contributed by atoms with E-state index in [2.05, 4.69) is 9.80 Å². The van der Waals surface area contributed by atoms with Crippen LogP contribution in [0.15, 0.2) is 24.3 Å². The third-order valence-corrected chi connectivity index (χ3v) is 5.21. The number of halogens is 3. The molecular formula is C19H27F3N2O3. The van der Waals surface area contributed by atoms with Crippen LogP contribution in [0.4, 0.5) is 13.2 Å². The van der Waals surface area contributed by atoms with E-state index < -0.39 is 17.8 Å². The second-order valence-corrected chi connectivity index (χ2v) is 7.17. The number of hydrogen-bond donors (Lipinski definition) is 1. The van der Waals surface area contributed by atoms with E-state index in [4.69, 9.17) is 9.47 Å². The van der Waals surface area contributed by atoms with Crippen molar-refractivity contribution in [3.63, 3.8) is 0 Å². The average Bonchev–Trinajstić information content (AvgIpc) is 2.67. The van der Waals surface area contributed by atoms with Gasteiger partial charge in [-0.2, -0.15) is 13.2 Å². The quantitative estimate of drug-likeness (QED) is 0.810. The van der Waals surface area contributed by atoms with Crippen LogP contribution in [0.3, 0.4) is 0 Å². The molecule has 3 rings (SSSR count). The minimum Gasteiger partial charge on any atom is -0.491 e. The van der Waals surface area contributed by atoms with Crippen LogP contribution < -0.4 is 4.74 Å². The summed E-state index contributed by atoms with van der Waals surface area (Å²) >= 11 is 0. The summed E-state index contributed by atoms with van der Waals surface area (Å²) in [5, 5.41) is 10.2. The molecule has 27 heavy (non-hydrogen) atoms. The van der Waals surface area contributed by atoms with Crippen molar-refractivity contribution in [3.8, 4) is 5.75 Å². The number of rotatable bonds is 6. The van der Waals surface area contributed by atoms with Crippen molar-refractivity contribution in [2.24, 2.45) is 0 Å². The standard InChI is InChI=1S/C19H27F3N2O3/c20-19(21,22)15-1-3-18(4-2-15)27-14-17(25)13-23-7-5-16(6-8-23)24-9-11-26-12-10-24/h1-4,16-17,25H,5-14H2/t17-/m1/s1. The van der Waals surface area contributed by atoms with Gasteiger partial charge in [-0.3, -0.25) is 4.90 Å². The maximum Gasteiger partial charge on any atom is 0.416 e. The molecule has 1 aromatic carbocycles. The number of hydrogen-bond acceptors (Lipinski definition) is 5. The average molecular weight is 388 g/mol. The number of piperidine rings is 1. The van der Waals surface area contributed by atoms with E-state index >= 15 is 0 Å². The molecule has 0 spiro atoms. The molecule has 8 heteroatoms. The molecule has 2 fully saturated rings. The molecular weight excluding hydrogens is 361 g/mol. The Labute approximate surface area is 157 Å². The third-order valence-electron chi connectivity index (χ3n) is 5.21. The molecule has 152 valence electrons. The number of aliphatic hydroxyl groups excluding tert-OH is 1. The van der Waals surface area contributed by atoms with Gasteiger partial charge in [0.2, 0.25) is 0 Å². The highest BCUT2D eigenvalue weighted by Gasteiger charge is 2.30. The van der Waals surface area contributed by atoms with Crippen molar-refractivity contribution >= 4 is 0 Å². The highest BCUT2D eigenvalue weighted by Crippen LogP contribution is 2.30. The Hall–Kier alpha value is -1.35.